The van der Waals surface area contributed by atoms with Crippen LogP contribution in [0.15, 0.2) is 46.9 Å². The van der Waals surface area contributed by atoms with Gasteiger partial charge in [0.25, 0.3) is 0 Å². The highest BCUT2D eigenvalue weighted by Gasteiger charge is 2.05. The molecule has 2 rings (SSSR count). The van der Waals surface area contributed by atoms with Crippen molar-refractivity contribution >= 4 is 15.9 Å². The SMILES string of the molecule is Cc1ccc(Br)cc1CN(C)Cc1cccc(CN)c1. The average molecular weight is 333 g/mol. The quantitative estimate of drug-likeness (QED) is 0.901. The molecule has 0 heterocycles. The summed E-state index contributed by atoms with van der Waals surface area (Å²) in [7, 11) is 2.15. The molecule has 0 saturated carbocycles. The maximum Gasteiger partial charge on any atom is 0.0237 e. The van der Waals surface area contributed by atoms with E-state index in [1.165, 1.54) is 22.3 Å². The normalized spacial score (nSPS) is 11.1. The van der Waals surface area contributed by atoms with E-state index in [1.54, 1.807) is 0 Å². The maximum absolute atomic E-state index is 5.69. The number of benzene rings is 2. The number of hydrogen-bond acceptors (Lipinski definition) is 2. The van der Waals surface area contributed by atoms with Gasteiger partial charge < -0.3 is 5.73 Å². The zero-order chi connectivity index (χ0) is 14.5. The lowest BCUT2D eigenvalue weighted by atomic mass is 10.1. The Labute approximate surface area is 129 Å². The molecule has 2 N–H and O–H groups in total. The van der Waals surface area contributed by atoms with Gasteiger partial charge in [-0.3, -0.25) is 4.90 Å². The van der Waals surface area contributed by atoms with Crippen LogP contribution in [0.4, 0.5) is 0 Å². The van der Waals surface area contributed by atoms with Crippen molar-refractivity contribution in [2.45, 2.75) is 26.6 Å². The Kier molecular flexibility index (Phi) is 5.35. The first-order valence-corrected chi connectivity index (χ1v) is 7.59. The van der Waals surface area contributed by atoms with Crippen LogP contribution in [-0.2, 0) is 19.6 Å². The third kappa shape index (κ3) is 4.17. The van der Waals surface area contributed by atoms with E-state index < -0.39 is 0 Å². The lowest BCUT2D eigenvalue weighted by molar-refractivity contribution is 0.318. The predicted octanol–water partition coefficient (Wildman–Crippen LogP) is 3.85. The van der Waals surface area contributed by atoms with Crippen LogP contribution in [0.25, 0.3) is 0 Å². The summed E-state index contributed by atoms with van der Waals surface area (Å²) in [5, 5.41) is 0. The molecule has 0 bridgehead atoms. The smallest absolute Gasteiger partial charge is 0.0237 e. The third-order valence-corrected chi connectivity index (χ3v) is 3.92. The van der Waals surface area contributed by atoms with Crippen LogP contribution in [0, 0.1) is 6.92 Å². The molecule has 0 spiro atoms. The molecule has 0 aliphatic heterocycles. The van der Waals surface area contributed by atoms with Gasteiger partial charge >= 0.3 is 0 Å². The topological polar surface area (TPSA) is 29.3 Å². The molecule has 2 aromatic carbocycles. The van der Waals surface area contributed by atoms with Gasteiger partial charge in [0.05, 0.1) is 0 Å². The monoisotopic (exact) mass is 332 g/mol. The standard InChI is InChI=1S/C17H21BrN2/c1-13-6-7-17(18)9-16(13)12-20(2)11-15-5-3-4-14(8-15)10-19/h3-9H,10-12,19H2,1-2H3. The zero-order valence-corrected chi connectivity index (χ0v) is 13.7. The summed E-state index contributed by atoms with van der Waals surface area (Å²) in [6, 6.07) is 14.9. The third-order valence-electron chi connectivity index (χ3n) is 3.43. The van der Waals surface area contributed by atoms with Crippen LogP contribution in [0.2, 0.25) is 0 Å². The molecule has 2 aromatic rings. The van der Waals surface area contributed by atoms with Gasteiger partial charge in [0.15, 0.2) is 0 Å². The molecule has 0 atom stereocenters. The summed E-state index contributed by atoms with van der Waals surface area (Å²) in [5.74, 6) is 0. The largest absolute Gasteiger partial charge is 0.326 e. The number of rotatable bonds is 5. The van der Waals surface area contributed by atoms with Crippen molar-refractivity contribution in [1.29, 1.82) is 0 Å². The molecule has 0 saturated heterocycles. The summed E-state index contributed by atoms with van der Waals surface area (Å²) >= 11 is 3.54. The van der Waals surface area contributed by atoms with Crippen LogP contribution in [-0.4, -0.2) is 11.9 Å². The van der Waals surface area contributed by atoms with Gasteiger partial charge in [-0.1, -0.05) is 46.3 Å². The molecule has 0 radical (unpaired) electrons. The number of hydrogen-bond donors (Lipinski definition) is 1. The lowest BCUT2D eigenvalue weighted by Crippen LogP contribution is -2.18. The van der Waals surface area contributed by atoms with E-state index in [2.05, 4.69) is 77.3 Å². The molecule has 0 fully saturated rings. The molecule has 0 aliphatic carbocycles. The van der Waals surface area contributed by atoms with E-state index in [4.69, 9.17) is 5.73 Å². The molecule has 106 valence electrons. The minimum Gasteiger partial charge on any atom is -0.326 e. The van der Waals surface area contributed by atoms with Crippen LogP contribution >= 0.6 is 15.9 Å². The van der Waals surface area contributed by atoms with Crippen molar-refractivity contribution in [2.24, 2.45) is 5.73 Å². The van der Waals surface area contributed by atoms with Crippen molar-refractivity contribution in [2.75, 3.05) is 7.05 Å². The molecule has 0 amide bonds. The number of aryl methyl sites for hydroxylation is 1. The fourth-order valence-electron chi connectivity index (χ4n) is 2.32. The zero-order valence-electron chi connectivity index (χ0n) is 12.1. The first kappa shape index (κ1) is 15.2. The van der Waals surface area contributed by atoms with Crippen LogP contribution in [0.5, 0.6) is 0 Å². The Morgan fingerprint density at radius 1 is 1.05 bits per heavy atom. The van der Waals surface area contributed by atoms with Gasteiger partial charge in [-0.05, 0) is 48.4 Å². The first-order chi connectivity index (χ1) is 9.58. The average Bonchev–Trinajstić information content (AvgIpc) is 2.43. The van der Waals surface area contributed by atoms with Crippen LogP contribution < -0.4 is 5.73 Å². The van der Waals surface area contributed by atoms with Gasteiger partial charge in [-0.2, -0.15) is 0 Å². The van der Waals surface area contributed by atoms with Gasteiger partial charge in [-0.25, -0.2) is 0 Å². The maximum atomic E-state index is 5.69. The molecule has 0 unspecified atom stereocenters. The summed E-state index contributed by atoms with van der Waals surface area (Å²) < 4.78 is 1.14. The van der Waals surface area contributed by atoms with Crippen molar-refractivity contribution in [1.82, 2.24) is 4.90 Å². The summed E-state index contributed by atoms with van der Waals surface area (Å²) in [6.45, 7) is 4.63. The van der Waals surface area contributed by atoms with Gasteiger partial charge in [0, 0.05) is 24.1 Å². The first-order valence-electron chi connectivity index (χ1n) is 6.80. The highest BCUT2D eigenvalue weighted by Crippen LogP contribution is 2.18. The van der Waals surface area contributed by atoms with E-state index in [1.807, 2.05) is 0 Å². The number of nitrogens with zero attached hydrogens (tertiary/aromatic N) is 1. The highest BCUT2D eigenvalue weighted by atomic mass is 79.9. The van der Waals surface area contributed by atoms with Crippen molar-refractivity contribution in [3.63, 3.8) is 0 Å². The van der Waals surface area contributed by atoms with Crippen molar-refractivity contribution in [3.05, 3.63) is 69.2 Å². The molecular weight excluding hydrogens is 312 g/mol. The lowest BCUT2D eigenvalue weighted by Gasteiger charge is -2.18. The molecule has 2 nitrogen and oxygen atoms in total. The minimum atomic E-state index is 0.599. The van der Waals surface area contributed by atoms with E-state index in [0.29, 0.717) is 6.54 Å². The van der Waals surface area contributed by atoms with Crippen LogP contribution in [0.3, 0.4) is 0 Å². The van der Waals surface area contributed by atoms with Crippen LogP contribution in [0.1, 0.15) is 22.3 Å². The summed E-state index contributed by atoms with van der Waals surface area (Å²) in [4.78, 5) is 2.32. The molecule has 20 heavy (non-hydrogen) atoms. The number of nitrogens with two attached hydrogens (primary N) is 1. The molecule has 0 aromatic heterocycles. The molecule has 3 heteroatoms. The van der Waals surface area contributed by atoms with E-state index >= 15 is 0 Å². The molecule has 0 aliphatic rings. The fraction of sp³-hybridized carbons (Fsp3) is 0.294. The van der Waals surface area contributed by atoms with Gasteiger partial charge in [-0.15, -0.1) is 0 Å². The second kappa shape index (κ2) is 7.02. The van der Waals surface area contributed by atoms with Gasteiger partial charge in [0.2, 0.25) is 0 Å². The Morgan fingerprint density at radius 3 is 2.55 bits per heavy atom. The Bertz CT molecular complexity index is 581. The Balaban J connectivity index is 2.04. The van der Waals surface area contributed by atoms with Crippen molar-refractivity contribution < 1.29 is 0 Å². The minimum absolute atomic E-state index is 0.599. The summed E-state index contributed by atoms with van der Waals surface area (Å²) in [5.41, 5.74) is 10.9. The fourth-order valence-corrected chi connectivity index (χ4v) is 2.73. The Hall–Kier alpha value is -1.16. The molecular formula is C17H21BrN2. The summed E-state index contributed by atoms with van der Waals surface area (Å²) in [6.07, 6.45) is 0. The van der Waals surface area contributed by atoms with Crippen molar-refractivity contribution in [3.8, 4) is 0 Å². The van der Waals surface area contributed by atoms with E-state index in [-0.39, 0.29) is 0 Å². The second-order valence-corrected chi connectivity index (χ2v) is 6.18. The second-order valence-electron chi connectivity index (χ2n) is 5.27. The number of halogens is 1. The Morgan fingerprint density at radius 2 is 1.80 bits per heavy atom. The highest BCUT2D eigenvalue weighted by molar-refractivity contribution is 9.10. The van der Waals surface area contributed by atoms with E-state index in [9.17, 15) is 0 Å². The van der Waals surface area contributed by atoms with E-state index in [0.717, 1.165) is 17.6 Å². The van der Waals surface area contributed by atoms with Gasteiger partial charge in [0.1, 0.15) is 0 Å². The predicted molar refractivity (Wildman–Crippen MR) is 88.4 cm³/mol.